The molecule has 1 aromatic rings. The number of nitrogens with one attached hydrogen (secondary N) is 2. The summed E-state index contributed by atoms with van der Waals surface area (Å²) in [7, 11) is 2.41. The van der Waals surface area contributed by atoms with Gasteiger partial charge in [0.25, 0.3) is 5.91 Å². The molecular weight excluding hydrogens is 340 g/mol. The summed E-state index contributed by atoms with van der Waals surface area (Å²) in [5, 5.41) is 5.60. The van der Waals surface area contributed by atoms with E-state index in [1.807, 2.05) is 0 Å². The minimum Gasteiger partial charge on any atom is -0.466 e. The van der Waals surface area contributed by atoms with Crippen LogP contribution in [0.3, 0.4) is 0 Å². The number of anilines is 1. The molecule has 0 aromatic heterocycles. The lowest BCUT2D eigenvalue weighted by Crippen LogP contribution is -2.31. The van der Waals surface area contributed by atoms with Crippen molar-refractivity contribution in [2.45, 2.75) is 18.9 Å². The molecule has 1 aliphatic heterocycles. The first-order valence-electron chi connectivity index (χ1n) is 8.18. The topological polar surface area (TPSA) is 103 Å². The highest BCUT2D eigenvalue weighted by molar-refractivity contribution is 5.99. The van der Waals surface area contributed by atoms with Gasteiger partial charge in [0.1, 0.15) is 5.70 Å². The van der Waals surface area contributed by atoms with Gasteiger partial charge in [-0.05, 0) is 37.1 Å². The number of amides is 1. The van der Waals surface area contributed by atoms with E-state index < -0.39 is 11.9 Å². The second-order valence-electron chi connectivity index (χ2n) is 5.62. The Balaban J connectivity index is 1.98. The lowest BCUT2D eigenvalue weighted by atomic mass is 10.1. The molecule has 8 nitrogen and oxygen atoms in total. The molecule has 0 bridgehead atoms. The fraction of sp³-hybridized carbons (Fsp3) is 0.389. The Kier molecular flexibility index (Phi) is 7.16. The van der Waals surface area contributed by atoms with Gasteiger partial charge in [-0.1, -0.05) is 0 Å². The molecule has 1 amide bonds. The first-order chi connectivity index (χ1) is 12.5. The number of carbonyl (C=O) groups excluding carboxylic acids is 3. The van der Waals surface area contributed by atoms with Crippen LogP contribution in [0.5, 0.6) is 0 Å². The van der Waals surface area contributed by atoms with Gasteiger partial charge in [-0.25, -0.2) is 9.59 Å². The van der Waals surface area contributed by atoms with Gasteiger partial charge >= 0.3 is 11.9 Å². The van der Waals surface area contributed by atoms with Crippen molar-refractivity contribution >= 4 is 23.5 Å². The van der Waals surface area contributed by atoms with E-state index in [4.69, 9.17) is 4.74 Å². The van der Waals surface area contributed by atoms with Crippen LogP contribution < -0.4 is 10.6 Å². The summed E-state index contributed by atoms with van der Waals surface area (Å²) in [5.74, 6) is -1.61. The molecule has 1 aromatic carbocycles. The zero-order valence-corrected chi connectivity index (χ0v) is 14.7. The highest BCUT2D eigenvalue weighted by atomic mass is 16.5. The van der Waals surface area contributed by atoms with E-state index in [1.165, 1.54) is 14.2 Å². The van der Waals surface area contributed by atoms with E-state index >= 15 is 0 Å². The van der Waals surface area contributed by atoms with Crippen molar-refractivity contribution in [1.82, 2.24) is 5.32 Å². The van der Waals surface area contributed by atoms with Crippen molar-refractivity contribution in [2.24, 2.45) is 0 Å². The number of hydrogen-bond acceptors (Lipinski definition) is 7. The molecular formula is C18H22N2O6. The van der Waals surface area contributed by atoms with Gasteiger partial charge in [0.15, 0.2) is 0 Å². The van der Waals surface area contributed by atoms with Crippen molar-refractivity contribution in [3.63, 3.8) is 0 Å². The monoisotopic (exact) mass is 362 g/mol. The minimum absolute atomic E-state index is 0.0741. The lowest BCUT2D eigenvalue weighted by Gasteiger charge is -2.12. The van der Waals surface area contributed by atoms with Crippen molar-refractivity contribution in [3.05, 3.63) is 41.6 Å². The molecule has 1 atom stereocenters. The molecule has 1 aliphatic rings. The average molecular weight is 362 g/mol. The van der Waals surface area contributed by atoms with Crippen molar-refractivity contribution in [1.29, 1.82) is 0 Å². The van der Waals surface area contributed by atoms with Crippen LogP contribution in [0.1, 0.15) is 23.2 Å². The van der Waals surface area contributed by atoms with Crippen LogP contribution in [-0.4, -0.2) is 51.3 Å². The Labute approximate surface area is 151 Å². The van der Waals surface area contributed by atoms with E-state index in [1.54, 1.807) is 24.3 Å². The SMILES string of the molecule is COC(=O)/C=C(/Nc1ccc(C(=O)NCC2CCCO2)cc1)C(=O)OC. The highest BCUT2D eigenvalue weighted by Gasteiger charge is 2.17. The Morgan fingerprint density at radius 3 is 2.50 bits per heavy atom. The molecule has 0 spiro atoms. The van der Waals surface area contributed by atoms with Crippen molar-refractivity contribution in [3.8, 4) is 0 Å². The second kappa shape index (κ2) is 9.57. The number of esters is 2. The van der Waals surface area contributed by atoms with Crippen LogP contribution in [0.4, 0.5) is 5.69 Å². The van der Waals surface area contributed by atoms with Crippen LogP contribution >= 0.6 is 0 Å². The maximum absolute atomic E-state index is 12.1. The molecule has 1 unspecified atom stereocenters. The standard InChI is InChI=1S/C18H22N2O6/c1-24-16(21)10-15(18(23)25-2)20-13-7-5-12(6-8-13)17(22)19-11-14-4-3-9-26-14/h5-8,10,14,20H,3-4,9,11H2,1-2H3,(H,19,22)/b15-10+. The molecule has 0 aliphatic carbocycles. The van der Waals surface area contributed by atoms with Crippen molar-refractivity contribution < 1.29 is 28.6 Å². The van der Waals surface area contributed by atoms with Gasteiger partial charge in [-0.15, -0.1) is 0 Å². The van der Waals surface area contributed by atoms with Crippen LogP contribution in [-0.2, 0) is 23.8 Å². The number of hydrogen-bond donors (Lipinski definition) is 2. The van der Waals surface area contributed by atoms with E-state index in [9.17, 15) is 14.4 Å². The van der Waals surface area contributed by atoms with E-state index in [0.29, 0.717) is 17.8 Å². The quantitative estimate of drug-likeness (QED) is 0.555. The zero-order valence-electron chi connectivity index (χ0n) is 14.7. The lowest BCUT2D eigenvalue weighted by molar-refractivity contribution is -0.138. The zero-order chi connectivity index (χ0) is 18.9. The minimum atomic E-state index is -0.714. The third-order valence-corrected chi connectivity index (χ3v) is 3.81. The summed E-state index contributed by atoms with van der Waals surface area (Å²) < 4.78 is 14.6. The average Bonchev–Trinajstić information content (AvgIpc) is 3.19. The molecule has 26 heavy (non-hydrogen) atoms. The van der Waals surface area contributed by atoms with E-state index in [0.717, 1.165) is 25.5 Å². The van der Waals surface area contributed by atoms with Crippen LogP contribution in [0.25, 0.3) is 0 Å². The van der Waals surface area contributed by atoms with Crippen molar-refractivity contribution in [2.75, 3.05) is 32.7 Å². The van der Waals surface area contributed by atoms with Gasteiger partial charge in [0.05, 0.1) is 26.4 Å². The van der Waals surface area contributed by atoms with Crippen LogP contribution in [0.15, 0.2) is 36.0 Å². The van der Waals surface area contributed by atoms with E-state index in [2.05, 4.69) is 20.1 Å². The predicted molar refractivity (Wildman–Crippen MR) is 93.5 cm³/mol. The van der Waals surface area contributed by atoms with Gasteiger partial charge < -0.3 is 24.8 Å². The van der Waals surface area contributed by atoms with Gasteiger partial charge in [-0.2, -0.15) is 0 Å². The summed E-state index contributed by atoms with van der Waals surface area (Å²) in [6, 6.07) is 6.46. The molecule has 0 saturated carbocycles. The smallest absolute Gasteiger partial charge is 0.354 e. The number of rotatable bonds is 7. The number of carbonyl (C=O) groups is 3. The maximum atomic E-state index is 12.1. The summed E-state index contributed by atoms with van der Waals surface area (Å²) in [6.45, 7) is 1.22. The normalized spacial score (nSPS) is 16.7. The van der Waals surface area contributed by atoms with Gasteiger partial charge in [0, 0.05) is 24.4 Å². The van der Waals surface area contributed by atoms with Gasteiger partial charge in [-0.3, -0.25) is 4.79 Å². The highest BCUT2D eigenvalue weighted by Crippen LogP contribution is 2.14. The third-order valence-electron chi connectivity index (χ3n) is 3.81. The Hall–Kier alpha value is -2.87. The number of ether oxygens (including phenoxy) is 3. The first-order valence-corrected chi connectivity index (χ1v) is 8.18. The van der Waals surface area contributed by atoms with Gasteiger partial charge in [0.2, 0.25) is 0 Å². The Bertz CT molecular complexity index is 677. The maximum Gasteiger partial charge on any atom is 0.354 e. The Morgan fingerprint density at radius 1 is 1.19 bits per heavy atom. The molecule has 1 saturated heterocycles. The molecule has 0 radical (unpaired) electrons. The molecule has 8 heteroatoms. The molecule has 2 rings (SSSR count). The number of benzene rings is 1. The fourth-order valence-electron chi connectivity index (χ4n) is 2.41. The fourth-order valence-corrected chi connectivity index (χ4v) is 2.41. The Morgan fingerprint density at radius 2 is 1.92 bits per heavy atom. The first kappa shape index (κ1) is 19.5. The van der Waals surface area contributed by atoms with Crippen LogP contribution in [0.2, 0.25) is 0 Å². The molecule has 2 N–H and O–H groups in total. The van der Waals surface area contributed by atoms with Crippen LogP contribution in [0, 0.1) is 0 Å². The largest absolute Gasteiger partial charge is 0.466 e. The second-order valence-corrected chi connectivity index (χ2v) is 5.62. The van der Waals surface area contributed by atoms with E-state index in [-0.39, 0.29) is 17.7 Å². The summed E-state index contributed by atoms with van der Waals surface area (Å²) in [4.78, 5) is 35.2. The molecule has 1 fully saturated rings. The number of methoxy groups -OCH3 is 2. The molecule has 1 heterocycles. The summed E-state index contributed by atoms with van der Waals surface area (Å²) >= 11 is 0. The summed E-state index contributed by atoms with van der Waals surface area (Å²) in [5.41, 5.74) is 0.918. The predicted octanol–water partition coefficient (Wildman–Crippen LogP) is 1.24. The summed E-state index contributed by atoms with van der Waals surface area (Å²) in [6.07, 6.45) is 3.04. The molecule has 140 valence electrons. The third kappa shape index (κ3) is 5.59.